The van der Waals surface area contributed by atoms with Crippen molar-refractivity contribution in [2.24, 2.45) is 0 Å². The zero-order valence-electron chi connectivity index (χ0n) is 13.6. The van der Waals surface area contributed by atoms with Gasteiger partial charge in [0.25, 0.3) is 0 Å². The molecule has 0 spiro atoms. The van der Waals surface area contributed by atoms with Crippen LogP contribution < -0.4 is 5.32 Å². The predicted molar refractivity (Wildman–Crippen MR) is 91.2 cm³/mol. The van der Waals surface area contributed by atoms with E-state index in [0.717, 1.165) is 16.7 Å². The first kappa shape index (κ1) is 16.8. The molecule has 0 aliphatic carbocycles. The van der Waals surface area contributed by atoms with E-state index in [2.05, 4.69) is 20.8 Å². The first-order chi connectivity index (χ1) is 12.3. The van der Waals surface area contributed by atoms with E-state index in [-0.39, 0.29) is 12.5 Å². The number of benzene rings is 2. The maximum absolute atomic E-state index is 12.7. The van der Waals surface area contributed by atoms with E-state index in [1.54, 1.807) is 0 Å². The highest BCUT2D eigenvalue weighted by Gasteiger charge is 2.22. The van der Waals surface area contributed by atoms with Gasteiger partial charge >= 0.3 is 0 Å². The maximum atomic E-state index is 12.7. The van der Waals surface area contributed by atoms with Crippen molar-refractivity contribution < 1.29 is 9.90 Å². The number of nitrogens with one attached hydrogen (secondary N) is 1. The van der Waals surface area contributed by atoms with Gasteiger partial charge in [0.2, 0.25) is 5.91 Å². The van der Waals surface area contributed by atoms with Crippen LogP contribution in [0.5, 0.6) is 0 Å². The van der Waals surface area contributed by atoms with Crippen molar-refractivity contribution in [2.75, 3.05) is 0 Å². The summed E-state index contributed by atoms with van der Waals surface area (Å²) < 4.78 is 1.46. The number of hydrogen-bond acceptors (Lipinski definition) is 5. The molecular weight excluding hydrogens is 318 g/mol. The molecule has 7 heteroatoms. The van der Waals surface area contributed by atoms with Crippen LogP contribution in [0.25, 0.3) is 0 Å². The summed E-state index contributed by atoms with van der Waals surface area (Å²) in [5, 5.41) is 23.5. The van der Waals surface area contributed by atoms with Gasteiger partial charge in [-0.2, -0.15) is 0 Å². The third-order valence-corrected chi connectivity index (χ3v) is 4.00. The topological polar surface area (TPSA) is 92.9 Å². The first-order valence-corrected chi connectivity index (χ1v) is 7.99. The SMILES string of the molecule is O=C(NCc1ccccc1CO)C(Cc1ccccc1)n1cnnn1. The van der Waals surface area contributed by atoms with Crippen molar-refractivity contribution in [1.82, 2.24) is 25.5 Å². The van der Waals surface area contributed by atoms with Crippen LogP contribution >= 0.6 is 0 Å². The van der Waals surface area contributed by atoms with Crippen molar-refractivity contribution >= 4 is 5.91 Å². The molecule has 3 rings (SSSR count). The van der Waals surface area contributed by atoms with E-state index in [9.17, 15) is 9.90 Å². The van der Waals surface area contributed by atoms with Crippen molar-refractivity contribution in [2.45, 2.75) is 25.6 Å². The van der Waals surface area contributed by atoms with E-state index in [4.69, 9.17) is 0 Å². The zero-order valence-corrected chi connectivity index (χ0v) is 13.6. The van der Waals surface area contributed by atoms with Gasteiger partial charge in [0.1, 0.15) is 12.4 Å². The van der Waals surface area contributed by atoms with Crippen LogP contribution in [0.15, 0.2) is 60.9 Å². The van der Waals surface area contributed by atoms with Crippen LogP contribution in [-0.2, 0) is 24.4 Å². The van der Waals surface area contributed by atoms with E-state index in [0.29, 0.717) is 13.0 Å². The fourth-order valence-electron chi connectivity index (χ4n) is 2.64. The van der Waals surface area contributed by atoms with Crippen LogP contribution in [0, 0.1) is 0 Å². The molecule has 0 aliphatic rings. The molecular formula is C18H19N5O2. The lowest BCUT2D eigenvalue weighted by molar-refractivity contribution is -0.124. The Labute approximate surface area is 145 Å². The lowest BCUT2D eigenvalue weighted by Gasteiger charge is -2.17. The van der Waals surface area contributed by atoms with Crippen molar-refractivity contribution in [3.8, 4) is 0 Å². The van der Waals surface area contributed by atoms with E-state index >= 15 is 0 Å². The van der Waals surface area contributed by atoms with Gasteiger partial charge in [0, 0.05) is 13.0 Å². The normalized spacial score (nSPS) is 11.9. The second-order valence-electron chi connectivity index (χ2n) is 5.64. The monoisotopic (exact) mass is 337 g/mol. The third-order valence-electron chi connectivity index (χ3n) is 4.00. The molecule has 7 nitrogen and oxygen atoms in total. The second kappa shape index (κ2) is 8.16. The van der Waals surface area contributed by atoms with Crippen molar-refractivity contribution in [1.29, 1.82) is 0 Å². The number of aliphatic hydroxyl groups is 1. The van der Waals surface area contributed by atoms with Gasteiger partial charge in [-0.15, -0.1) is 5.10 Å². The molecule has 0 bridgehead atoms. The number of carbonyl (C=O) groups excluding carboxylic acids is 1. The van der Waals surface area contributed by atoms with Gasteiger partial charge in [0.15, 0.2) is 0 Å². The lowest BCUT2D eigenvalue weighted by atomic mass is 10.0. The molecule has 2 aromatic carbocycles. The maximum Gasteiger partial charge on any atom is 0.245 e. The minimum Gasteiger partial charge on any atom is -0.392 e. The predicted octanol–water partition coefficient (Wildman–Crippen LogP) is 1.27. The first-order valence-electron chi connectivity index (χ1n) is 7.99. The highest BCUT2D eigenvalue weighted by molar-refractivity contribution is 5.80. The number of aliphatic hydroxyl groups excluding tert-OH is 1. The molecule has 0 saturated carbocycles. The zero-order chi connectivity index (χ0) is 17.5. The van der Waals surface area contributed by atoms with Crippen LogP contribution in [0.3, 0.4) is 0 Å². The second-order valence-corrected chi connectivity index (χ2v) is 5.64. The molecule has 0 saturated heterocycles. The van der Waals surface area contributed by atoms with Crippen LogP contribution in [-0.4, -0.2) is 31.2 Å². The average molecular weight is 337 g/mol. The number of nitrogens with zero attached hydrogens (tertiary/aromatic N) is 4. The number of carbonyl (C=O) groups is 1. The van der Waals surface area contributed by atoms with Crippen molar-refractivity contribution in [3.63, 3.8) is 0 Å². The van der Waals surface area contributed by atoms with Gasteiger partial charge in [-0.1, -0.05) is 54.6 Å². The molecule has 25 heavy (non-hydrogen) atoms. The fourth-order valence-corrected chi connectivity index (χ4v) is 2.64. The summed E-state index contributed by atoms with van der Waals surface area (Å²) in [5.41, 5.74) is 2.70. The summed E-state index contributed by atoms with van der Waals surface area (Å²) in [5.74, 6) is -0.177. The minimum absolute atomic E-state index is 0.0630. The summed E-state index contributed by atoms with van der Waals surface area (Å²) >= 11 is 0. The Balaban J connectivity index is 1.73. The molecule has 1 amide bonds. The summed E-state index contributed by atoms with van der Waals surface area (Å²) in [6.45, 7) is 0.273. The Hall–Kier alpha value is -3.06. The molecule has 2 N–H and O–H groups in total. The van der Waals surface area contributed by atoms with E-state index in [1.165, 1.54) is 11.0 Å². The van der Waals surface area contributed by atoms with Crippen LogP contribution in [0.4, 0.5) is 0 Å². The molecule has 1 heterocycles. The third kappa shape index (κ3) is 4.27. The lowest BCUT2D eigenvalue weighted by Crippen LogP contribution is -2.34. The largest absolute Gasteiger partial charge is 0.392 e. The Morgan fingerprint density at radius 3 is 2.48 bits per heavy atom. The summed E-state index contributed by atoms with van der Waals surface area (Å²) in [4.78, 5) is 12.7. The van der Waals surface area contributed by atoms with Gasteiger partial charge in [-0.05, 0) is 27.1 Å². The summed E-state index contributed by atoms with van der Waals surface area (Å²) in [7, 11) is 0. The number of rotatable bonds is 7. The number of hydrogen-bond donors (Lipinski definition) is 2. The molecule has 1 atom stereocenters. The smallest absolute Gasteiger partial charge is 0.245 e. The van der Waals surface area contributed by atoms with Gasteiger partial charge in [0.05, 0.1) is 6.61 Å². The highest BCUT2D eigenvalue weighted by Crippen LogP contribution is 2.14. The van der Waals surface area contributed by atoms with E-state index in [1.807, 2.05) is 54.6 Å². The Morgan fingerprint density at radius 1 is 1.08 bits per heavy atom. The van der Waals surface area contributed by atoms with Gasteiger partial charge in [-0.3, -0.25) is 4.79 Å². The van der Waals surface area contributed by atoms with Crippen LogP contribution in [0.2, 0.25) is 0 Å². The molecule has 0 radical (unpaired) electrons. The molecule has 128 valence electrons. The number of aromatic nitrogens is 4. The molecule has 3 aromatic rings. The quantitative estimate of drug-likeness (QED) is 0.677. The minimum atomic E-state index is -0.543. The van der Waals surface area contributed by atoms with Gasteiger partial charge in [-0.25, -0.2) is 4.68 Å². The summed E-state index contributed by atoms with van der Waals surface area (Å²) in [6.07, 6.45) is 1.92. The van der Waals surface area contributed by atoms with Crippen molar-refractivity contribution in [3.05, 3.63) is 77.6 Å². The van der Waals surface area contributed by atoms with E-state index < -0.39 is 6.04 Å². The number of tetrazole rings is 1. The van der Waals surface area contributed by atoms with Crippen LogP contribution in [0.1, 0.15) is 22.7 Å². The Bertz CT molecular complexity index is 805. The Kier molecular flexibility index (Phi) is 5.48. The molecule has 1 aromatic heterocycles. The standard InChI is InChI=1S/C18H19N5O2/c24-12-16-9-5-4-8-15(16)11-19-18(25)17(23-13-20-21-22-23)10-14-6-2-1-3-7-14/h1-9,13,17,24H,10-12H2,(H,19,25). The molecule has 1 unspecified atom stereocenters. The highest BCUT2D eigenvalue weighted by atomic mass is 16.3. The molecule has 0 fully saturated rings. The fraction of sp³-hybridized carbons (Fsp3) is 0.222. The van der Waals surface area contributed by atoms with Gasteiger partial charge < -0.3 is 10.4 Å². The Morgan fingerprint density at radius 2 is 1.80 bits per heavy atom. The summed E-state index contributed by atoms with van der Waals surface area (Å²) in [6, 6.07) is 16.6. The average Bonchev–Trinajstić information content (AvgIpc) is 3.19. The number of amides is 1. The molecule has 0 aliphatic heterocycles.